The number of benzene rings is 1. The van der Waals surface area contributed by atoms with Crippen LogP contribution in [0.5, 0.6) is 11.5 Å². The van der Waals surface area contributed by atoms with Crippen molar-refractivity contribution >= 4 is 5.97 Å². The van der Waals surface area contributed by atoms with Gasteiger partial charge < -0.3 is 19.5 Å². The van der Waals surface area contributed by atoms with Gasteiger partial charge in [0.15, 0.2) is 0 Å². The Hall–Kier alpha value is -3.19. The van der Waals surface area contributed by atoms with E-state index < -0.39 is 6.23 Å². The Morgan fingerprint density at radius 1 is 0.747 bits per heavy atom. The molecule has 426 valence electrons. The lowest BCUT2D eigenvalue weighted by Gasteiger charge is -2.38. The van der Waals surface area contributed by atoms with Gasteiger partial charge >= 0.3 is 5.97 Å². The normalized spacial score (nSPS) is 20.5. The number of nitrogens with one attached hydrogen (secondary N) is 1. The van der Waals surface area contributed by atoms with Gasteiger partial charge in [-0.1, -0.05) is 132 Å². The van der Waals surface area contributed by atoms with Gasteiger partial charge in [0.1, 0.15) is 23.3 Å². The van der Waals surface area contributed by atoms with Gasteiger partial charge in [-0.05, 0) is 263 Å². The van der Waals surface area contributed by atoms with Crippen LogP contribution in [0.4, 0.5) is 0 Å². The summed E-state index contributed by atoms with van der Waals surface area (Å²) in [6, 6.07) is 0. The van der Waals surface area contributed by atoms with Gasteiger partial charge in [0.2, 0.25) is 0 Å². The Labute approximate surface area is 463 Å². The summed E-state index contributed by atoms with van der Waals surface area (Å²) in [5.74, 6) is 4.89. The number of fused-ring (bicyclic) bond motifs is 1. The fourth-order valence-corrected chi connectivity index (χ4v) is 11.7. The van der Waals surface area contributed by atoms with Gasteiger partial charge in [0.25, 0.3) is 0 Å². The second kappa shape index (κ2) is 39.2. The molecule has 0 aromatic heterocycles. The van der Waals surface area contributed by atoms with Crippen LogP contribution in [-0.4, -0.2) is 54.0 Å². The summed E-state index contributed by atoms with van der Waals surface area (Å²) < 4.78 is 13.1. The van der Waals surface area contributed by atoms with Crippen molar-refractivity contribution in [2.45, 2.75) is 274 Å². The molecule has 1 aromatic carbocycles. The van der Waals surface area contributed by atoms with E-state index in [1.807, 2.05) is 0 Å². The van der Waals surface area contributed by atoms with Gasteiger partial charge in [0, 0.05) is 12.0 Å². The van der Waals surface area contributed by atoms with Crippen LogP contribution >= 0.6 is 0 Å². The summed E-state index contributed by atoms with van der Waals surface area (Å²) in [7, 11) is 0. The first-order valence-corrected chi connectivity index (χ1v) is 31.2. The molecule has 2 N–H and O–H groups in total. The van der Waals surface area contributed by atoms with Gasteiger partial charge in [-0.2, -0.15) is 0 Å². The van der Waals surface area contributed by atoms with E-state index in [1.165, 1.54) is 87.3 Å². The maximum absolute atomic E-state index is 13.4. The maximum atomic E-state index is 13.4. The number of ether oxygens (including phenoxy) is 2. The lowest BCUT2D eigenvalue weighted by molar-refractivity contribution is -0.134. The molecule has 0 spiro atoms. The third-order valence-electron chi connectivity index (χ3n) is 16.6. The molecule has 1 saturated carbocycles. The third-order valence-corrected chi connectivity index (χ3v) is 16.6. The first-order chi connectivity index (χ1) is 36.1. The minimum Gasteiger partial charge on any atom is -0.487 e. The van der Waals surface area contributed by atoms with Crippen molar-refractivity contribution in [3.63, 3.8) is 0 Å². The molecule has 6 nitrogen and oxygen atoms in total. The summed E-state index contributed by atoms with van der Waals surface area (Å²) in [5.41, 5.74) is 7.20. The molecule has 1 fully saturated rings. The van der Waals surface area contributed by atoms with E-state index in [4.69, 9.17) is 9.47 Å². The zero-order valence-electron chi connectivity index (χ0n) is 50.6. The second-order valence-corrected chi connectivity index (χ2v) is 24.4. The Morgan fingerprint density at radius 3 is 2.17 bits per heavy atom. The second-order valence-electron chi connectivity index (χ2n) is 24.4. The van der Waals surface area contributed by atoms with E-state index in [0.29, 0.717) is 12.3 Å². The Balaban J connectivity index is 1.40. The Bertz CT molecular complexity index is 1900. The molecule has 6 atom stereocenters. The van der Waals surface area contributed by atoms with Crippen molar-refractivity contribution in [2.75, 3.05) is 26.2 Å². The molecule has 0 saturated heterocycles. The van der Waals surface area contributed by atoms with Crippen LogP contribution in [0.25, 0.3) is 0 Å². The van der Waals surface area contributed by atoms with Crippen molar-refractivity contribution in [3.8, 4) is 11.5 Å². The molecular formula is C69H116N2O4. The molecule has 3 rings (SSSR count). The zero-order valence-corrected chi connectivity index (χ0v) is 50.6. The fraction of sp³-hybridized carbons (Fsp3) is 0.725. The van der Waals surface area contributed by atoms with E-state index in [2.05, 4.69) is 147 Å². The van der Waals surface area contributed by atoms with Crippen molar-refractivity contribution < 1.29 is 19.4 Å². The molecule has 0 bridgehead atoms. The summed E-state index contributed by atoms with van der Waals surface area (Å²) in [4.78, 5) is 16.2. The lowest BCUT2D eigenvalue weighted by atomic mass is 9.80. The van der Waals surface area contributed by atoms with E-state index in [-0.39, 0.29) is 11.6 Å². The largest absolute Gasteiger partial charge is 0.487 e. The molecule has 1 aliphatic carbocycles. The highest BCUT2D eigenvalue weighted by Crippen LogP contribution is 2.45. The van der Waals surface area contributed by atoms with Gasteiger partial charge in [0.05, 0.1) is 0 Å². The van der Waals surface area contributed by atoms with Crippen LogP contribution in [0.15, 0.2) is 71.9 Å². The SMILES string of the molecule is CC/C=C/C/C=C/C/C=C/C/C=C/CCCCC(O)NCCCCN(CCCCCC(=O)Oc1c(C)c(C)c2c(c1C)CCC(C)(CCCC(C)CC/C=C(\C)CCC=C(C)C)O2)CCC1CCC[C@@H](C)CC(C)C1. The van der Waals surface area contributed by atoms with E-state index in [1.54, 1.807) is 0 Å². The molecule has 1 aromatic rings. The summed E-state index contributed by atoms with van der Waals surface area (Å²) in [6.07, 6.45) is 54.5. The van der Waals surface area contributed by atoms with E-state index in [9.17, 15) is 9.90 Å². The molecular weight excluding hydrogens is 921 g/mol. The maximum Gasteiger partial charge on any atom is 0.311 e. The molecule has 5 unspecified atom stereocenters. The number of hydrogen-bond donors (Lipinski definition) is 2. The molecule has 1 heterocycles. The number of rotatable bonds is 38. The summed E-state index contributed by atoms with van der Waals surface area (Å²) >= 11 is 0. The van der Waals surface area contributed by atoms with Crippen molar-refractivity contribution in [1.29, 1.82) is 0 Å². The molecule has 2 aliphatic rings. The highest BCUT2D eigenvalue weighted by Gasteiger charge is 2.35. The number of carbonyl (C=O) groups is 1. The van der Waals surface area contributed by atoms with E-state index in [0.717, 1.165) is 181 Å². The van der Waals surface area contributed by atoms with Crippen LogP contribution in [0.2, 0.25) is 0 Å². The standard InChI is InChI=1S/C69H116N2O4/c1-12-13-14-15-16-17-18-19-20-21-22-23-24-25-27-43-65(72)70-49-29-31-51-71(52-46-63-42-34-40-58(6)53-59(7)54-63)50-30-26-28-44-66(73)74-67-60(8)61(9)68-64(62(67)10)45-48-69(11,75-68)47-35-41-57(5)39-33-38-56(4)37-32-36-55(2)3/h13-14,16-17,19-20,22-23,36,38,57-59,63,65,70,72H,12,15,18,21,24-35,37,39-54H2,1-11H3/b14-13+,17-16+,20-19+,23-22+,56-38+/t57?,58-,59?,63?,65?,69?/m1/s1. The Kier molecular flexibility index (Phi) is 34.6. The monoisotopic (exact) mass is 1040 g/mol. The van der Waals surface area contributed by atoms with Crippen molar-refractivity contribution in [2.24, 2.45) is 23.7 Å². The minimum atomic E-state index is -0.423. The highest BCUT2D eigenvalue weighted by atomic mass is 16.5. The van der Waals surface area contributed by atoms with E-state index >= 15 is 0 Å². The fourth-order valence-electron chi connectivity index (χ4n) is 11.7. The zero-order chi connectivity index (χ0) is 54.7. The predicted molar refractivity (Wildman–Crippen MR) is 325 cm³/mol. The number of aliphatic hydroxyl groups is 1. The smallest absolute Gasteiger partial charge is 0.311 e. The van der Waals surface area contributed by atoms with Crippen LogP contribution in [0.3, 0.4) is 0 Å². The van der Waals surface area contributed by atoms with Gasteiger partial charge in [-0.25, -0.2) is 0 Å². The number of nitrogens with zero attached hydrogens (tertiary/aromatic N) is 1. The number of allylic oxidation sites excluding steroid dienone is 12. The molecule has 0 amide bonds. The average Bonchev–Trinajstić information content (AvgIpc) is 3.36. The highest BCUT2D eigenvalue weighted by molar-refractivity contribution is 5.74. The molecule has 6 heteroatoms. The van der Waals surface area contributed by atoms with Crippen LogP contribution in [0.1, 0.15) is 257 Å². The summed E-state index contributed by atoms with van der Waals surface area (Å²) in [6.45, 7) is 29.0. The first kappa shape index (κ1) is 66.1. The molecule has 75 heavy (non-hydrogen) atoms. The average molecular weight is 1040 g/mol. The first-order valence-electron chi connectivity index (χ1n) is 31.2. The van der Waals surface area contributed by atoms with Crippen LogP contribution < -0.4 is 14.8 Å². The Morgan fingerprint density at radius 2 is 1.45 bits per heavy atom. The number of esters is 1. The topological polar surface area (TPSA) is 71.0 Å². The number of unbranched alkanes of at least 4 members (excludes halogenated alkanes) is 5. The van der Waals surface area contributed by atoms with Crippen molar-refractivity contribution in [1.82, 2.24) is 10.2 Å². The number of carbonyl (C=O) groups excluding carboxylic acids is 1. The molecule has 1 aliphatic heterocycles. The quantitative estimate of drug-likeness (QED) is 0.0226. The lowest BCUT2D eigenvalue weighted by Crippen LogP contribution is -2.37. The summed E-state index contributed by atoms with van der Waals surface area (Å²) in [5, 5.41) is 14.0. The van der Waals surface area contributed by atoms with Crippen LogP contribution in [-0.2, 0) is 11.2 Å². The van der Waals surface area contributed by atoms with Gasteiger partial charge in [-0.3, -0.25) is 10.1 Å². The van der Waals surface area contributed by atoms with Crippen LogP contribution in [0, 0.1) is 44.4 Å². The molecule has 0 radical (unpaired) electrons. The third kappa shape index (κ3) is 29.4. The predicted octanol–water partition coefficient (Wildman–Crippen LogP) is 19.0. The van der Waals surface area contributed by atoms with Gasteiger partial charge in [-0.15, -0.1) is 0 Å². The number of aliphatic hydroxyl groups excluding tert-OH is 1. The van der Waals surface area contributed by atoms with Crippen molar-refractivity contribution in [3.05, 3.63) is 94.2 Å². The minimum absolute atomic E-state index is 0.115. The number of hydrogen-bond acceptors (Lipinski definition) is 6.